The van der Waals surface area contributed by atoms with Crippen LogP contribution < -0.4 is 0 Å². The van der Waals surface area contributed by atoms with Crippen molar-refractivity contribution < 1.29 is 14.3 Å². The van der Waals surface area contributed by atoms with Crippen LogP contribution in [0.15, 0.2) is 22.7 Å². The predicted molar refractivity (Wildman–Crippen MR) is 84.1 cm³/mol. The second-order valence-corrected chi connectivity index (χ2v) is 7.28. The highest BCUT2D eigenvalue weighted by Crippen LogP contribution is 2.59. The van der Waals surface area contributed by atoms with Gasteiger partial charge in [-0.25, -0.2) is 0 Å². The van der Waals surface area contributed by atoms with Gasteiger partial charge in [-0.15, -0.1) is 0 Å². The maximum atomic E-state index is 12.6. The Balaban J connectivity index is 1.44. The van der Waals surface area contributed by atoms with Crippen LogP contribution in [-0.4, -0.2) is 29.4 Å². The lowest BCUT2D eigenvalue weighted by Gasteiger charge is -2.26. The topological polar surface area (TPSA) is 46.6 Å². The third-order valence-corrected chi connectivity index (χ3v) is 6.10. The SMILES string of the molecule is CCOC(=O)C1C2CC(N3Cc4c(Br)cccc4C3=O)CC21. The van der Waals surface area contributed by atoms with Crippen molar-refractivity contribution in [3.8, 4) is 0 Å². The van der Waals surface area contributed by atoms with Crippen molar-refractivity contribution in [1.82, 2.24) is 4.90 Å². The van der Waals surface area contributed by atoms with Crippen LogP contribution in [0.4, 0.5) is 0 Å². The van der Waals surface area contributed by atoms with Gasteiger partial charge in [-0.1, -0.05) is 22.0 Å². The van der Waals surface area contributed by atoms with Gasteiger partial charge < -0.3 is 9.64 Å². The summed E-state index contributed by atoms with van der Waals surface area (Å²) in [7, 11) is 0. The molecule has 1 amide bonds. The fraction of sp³-hybridized carbons (Fsp3) is 0.529. The van der Waals surface area contributed by atoms with Gasteiger partial charge >= 0.3 is 5.97 Å². The van der Waals surface area contributed by atoms with Gasteiger partial charge in [0.15, 0.2) is 0 Å². The zero-order chi connectivity index (χ0) is 15.4. The first-order valence-electron chi connectivity index (χ1n) is 7.86. The molecular weight excluding hydrogens is 346 g/mol. The minimum Gasteiger partial charge on any atom is -0.466 e. The summed E-state index contributed by atoms with van der Waals surface area (Å²) in [5.41, 5.74) is 1.91. The smallest absolute Gasteiger partial charge is 0.309 e. The van der Waals surface area contributed by atoms with Crippen LogP contribution in [0.1, 0.15) is 35.7 Å². The van der Waals surface area contributed by atoms with Crippen molar-refractivity contribution in [2.45, 2.75) is 32.4 Å². The van der Waals surface area contributed by atoms with E-state index in [0.717, 1.165) is 28.4 Å². The number of carbonyl (C=O) groups excluding carboxylic acids is 2. The maximum Gasteiger partial charge on any atom is 0.309 e. The second kappa shape index (κ2) is 5.08. The van der Waals surface area contributed by atoms with Crippen LogP contribution in [0.2, 0.25) is 0 Å². The minimum absolute atomic E-state index is 0.0465. The molecule has 2 atom stereocenters. The van der Waals surface area contributed by atoms with E-state index in [9.17, 15) is 9.59 Å². The third kappa shape index (κ3) is 2.02. The molecule has 0 spiro atoms. The Bertz CT molecular complexity index is 647. The predicted octanol–water partition coefficient (Wildman–Crippen LogP) is 2.99. The van der Waals surface area contributed by atoms with Gasteiger partial charge in [-0.2, -0.15) is 0 Å². The molecule has 1 aliphatic heterocycles. The van der Waals surface area contributed by atoms with Crippen molar-refractivity contribution in [3.05, 3.63) is 33.8 Å². The first-order chi connectivity index (χ1) is 10.6. The molecule has 22 heavy (non-hydrogen) atoms. The number of hydrogen-bond acceptors (Lipinski definition) is 3. The Hall–Kier alpha value is -1.36. The molecule has 2 fully saturated rings. The van der Waals surface area contributed by atoms with Gasteiger partial charge in [0.25, 0.3) is 5.91 Å². The fourth-order valence-electron chi connectivity index (χ4n) is 4.27. The summed E-state index contributed by atoms with van der Waals surface area (Å²) >= 11 is 3.54. The number of carbonyl (C=O) groups is 2. The summed E-state index contributed by atoms with van der Waals surface area (Å²) in [5.74, 6) is 1.01. The maximum absolute atomic E-state index is 12.6. The molecule has 1 aromatic carbocycles. The molecule has 0 aromatic heterocycles. The number of halogens is 1. The van der Waals surface area contributed by atoms with E-state index in [4.69, 9.17) is 4.74 Å². The summed E-state index contributed by atoms with van der Waals surface area (Å²) in [6.45, 7) is 2.98. The van der Waals surface area contributed by atoms with Gasteiger partial charge in [0.1, 0.15) is 0 Å². The number of benzene rings is 1. The number of rotatable bonds is 3. The molecule has 3 aliphatic rings. The molecule has 2 aliphatic carbocycles. The first-order valence-corrected chi connectivity index (χ1v) is 8.66. The van der Waals surface area contributed by atoms with E-state index in [1.54, 1.807) is 0 Å². The van der Waals surface area contributed by atoms with Crippen LogP contribution in [0, 0.1) is 17.8 Å². The van der Waals surface area contributed by atoms with Gasteiger partial charge in [0.05, 0.1) is 12.5 Å². The summed E-state index contributed by atoms with van der Waals surface area (Å²) in [4.78, 5) is 26.4. The molecule has 0 bridgehead atoms. The van der Waals surface area contributed by atoms with Crippen LogP contribution >= 0.6 is 15.9 Å². The Kier molecular flexibility index (Phi) is 3.29. The van der Waals surface area contributed by atoms with Crippen LogP contribution in [0.3, 0.4) is 0 Å². The van der Waals surface area contributed by atoms with Gasteiger partial charge in [0.2, 0.25) is 0 Å². The van der Waals surface area contributed by atoms with Crippen molar-refractivity contribution in [3.63, 3.8) is 0 Å². The Morgan fingerprint density at radius 3 is 2.73 bits per heavy atom. The van der Waals surface area contributed by atoms with E-state index in [1.165, 1.54) is 0 Å². The summed E-state index contributed by atoms with van der Waals surface area (Å²) in [6, 6.07) is 6.07. The average Bonchev–Trinajstić information content (AvgIpc) is 2.84. The average molecular weight is 364 g/mol. The minimum atomic E-state index is -0.0465. The van der Waals surface area contributed by atoms with E-state index < -0.39 is 0 Å². The summed E-state index contributed by atoms with van der Waals surface area (Å²) < 4.78 is 6.13. The molecule has 1 heterocycles. The van der Waals surface area contributed by atoms with Crippen LogP contribution in [-0.2, 0) is 16.1 Å². The highest BCUT2D eigenvalue weighted by Gasteiger charge is 2.61. The largest absolute Gasteiger partial charge is 0.466 e. The second-order valence-electron chi connectivity index (χ2n) is 6.43. The van der Waals surface area contributed by atoms with Gasteiger partial charge in [0, 0.05) is 22.6 Å². The lowest BCUT2D eigenvalue weighted by atomic mass is 10.1. The van der Waals surface area contributed by atoms with Crippen molar-refractivity contribution in [1.29, 1.82) is 0 Å². The fourth-order valence-corrected chi connectivity index (χ4v) is 4.76. The molecular formula is C17H18BrNO3. The Labute approximate surface area is 137 Å². The molecule has 0 radical (unpaired) electrons. The first kappa shape index (κ1) is 14.2. The monoisotopic (exact) mass is 363 g/mol. The molecule has 4 rings (SSSR count). The molecule has 2 unspecified atom stereocenters. The third-order valence-electron chi connectivity index (χ3n) is 5.36. The molecule has 0 saturated heterocycles. The lowest BCUT2D eigenvalue weighted by Crippen LogP contribution is -2.35. The van der Waals surface area contributed by atoms with Crippen LogP contribution in [0.25, 0.3) is 0 Å². The molecule has 2 saturated carbocycles. The van der Waals surface area contributed by atoms with Crippen molar-refractivity contribution >= 4 is 27.8 Å². The van der Waals surface area contributed by atoms with E-state index in [2.05, 4.69) is 15.9 Å². The van der Waals surface area contributed by atoms with Crippen LogP contribution in [0.5, 0.6) is 0 Å². The van der Waals surface area contributed by atoms with Gasteiger partial charge in [-0.05, 0) is 49.3 Å². The quantitative estimate of drug-likeness (QED) is 0.775. The molecule has 116 valence electrons. The van der Waals surface area contributed by atoms with E-state index in [1.807, 2.05) is 30.0 Å². The van der Waals surface area contributed by atoms with Crippen molar-refractivity contribution in [2.24, 2.45) is 17.8 Å². The number of nitrogens with zero attached hydrogens (tertiary/aromatic N) is 1. The van der Waals surface area contributed by atoms with Gasteiger partial charge in [-0.3, -0.25) is 9.59 Å². The van der Waals surface area contributed by atoms with E-state index >= 15 is 0 Å². The standard InChI is InChI=1S/C17H18BrNO3/c1-2-22-17(21)15-11-6-9(7-12(11)15)19-8-13-10(16(19)20)4-3-5-14(13)18/h3-5,9,11-12,15H,2,6-8H2,1H3. The number of amides is 1. The number of esters is 1. The highest BCUT2D eigenvalue weighted by atomic mass is 79.9. The lowest BCUT2D eigenvalue weighted by molar-refractivity contribution is -0.145. The highest BCUT2D eigenvalue weighted by molar-refractivity contribution is 9.10. The zero-order valence-electron chi connectivity index (χ0n) is 12.4. The summed E-state index contributed by atoms with van der Waals surface area (Å²) in [6.07, 6.45) is 1.87. The summed E-state index contributed by atoms with van der Waals surface area (Å²) in [5, 5.41) is 0. The molecule has 5 heteroatoms. The number of hydrogen-bond donors (Lipinski definition) is 0. The normalized spacial score (nSPS) is 31.9. The molecule has 0 N–H and O–H groups in total. The number of fused-ring (bicyclic) bond motifs is 2. The Morgan fingerprint density at radius 1 is 1.36 bits per heavy atom. The zero-order valence-corrected chi connectivity index (χ0v) is 14.0. The molecule has 4 nitrogen and oxygen atoms in total. The molecule has 1 aromatic rings. The number of ether oxygens (including phenoxy) is 1. The van der Waals surface area contributed by atoms with Crippen molar-refractivity contribution in [2.75, 3.05) is 6.61 Å². The van der Waals surface area contributed by atoms with E-state index in [-0.39, 0.29) is 23.8 Å². The Morgan fingerprint density at radius 2 is 2.09 bits per heavy atom. The van der Waals surface area contributed by atoms with E-state index in [0.29, 0.717) is 25.0 Å².